The van der Waals surface area contributed by atoms with E-state index in [4.69, 9.17) is 9.47 Å². The molecule has 0 aromatic heterocycles. The van der Waals surface area contributed by atoms with E-state index >= 15 is 0 Å². The SMILES string of the molecule is CCc1ccc(C(c2cccc(OC)c2OC)N2CCNCC2)cc1. The first kappa shape index (κ1) is 17.8. The number of benzene rings is 2. The summed E-state index contributed by atoms with van der Waals surface area (Å²) in [6, 6.07) is 15.3. The maximum absolute atomic E-state index is 5.74. The Balaban J connectivity index is 2.07. The minimum absolute atomic E-state index is 0.165. The largest absolute Gasteiger partial charge is 0.493 e. The monoisotopic (exact) mass is 340 g/mol. The van der Waals surface area contributed by atoms with Gasteiger partial charge in [-0.3, -0.25) is 4.90 Å². The van der Waals surface area contributed by atoms with Gasteiger partial charge in [-0.15, -0.1) is 0 Å². The topological polar surface area (TPSA) is 33.7 Å². The van der Waals surface area contributed by atoms with E-state index in [0.717, 1.165) is 49.7 Å². The number of piperazine rings is 1. The zero-order valence-electron chi connectivity index (χ0n) is 15.4. The van der Waals surface area contributed by atoms with Gasteiger partial charge < -0.3 is 14.8 Å². The van der Waals surface area contributed by atoms with Crippen LogP contribution in [0.5, 0.6) is 11.5 Å². The van der Waals surface area contributed by atoms with Crippen LogP contribution in [0.2, 0.25) is 0 Å². The molecule has 2 aromatic rings. The molecule has 134 valence electrons. The van der Waals surface area contributed by atoms with Crippen LogP contribution in [0.25, 0.3) is 0 Å². The number of ether oxygens (including phenoxy) is 2. The zero-order chi connectivity index (χ0) is 17.6. The highest BCUT2D eigenvalue weighted by Crippen LogP contribution is 2.40. The number of hydrogen-bond donors (Lipinski definition) is 1. The Morgan fingerprint density at radius 3 is 2.32 bits per heavy atom. The van der Waals surface area contributed by atoms with Gasteiger partial charge in [0.1, 0.15) is 0 Å². The minimum atomic E-state index is 0.165. The Labute approximate surface area is 150 Å². The molecule has 1 aliphatic heterocycles. The molecule has 0 bridgehead atoms. The van der Waals surface area contributed by atoms with Gasteiger partial charge in [0.15, 0.2) is 11.5 Å². The first-order chi connectivity index (χ1) is 12.3. The van der Waals surface area contributed by atoms with E-state index in [1.807, 2.05) is 12.1 Å². The fourth-order valence-corrected chi connectivity index (χ4v) is 3.59. The van der Waals surface area contributed by atoms with E-state index in [-0.39, 0.29) is 6.04 Å². The summed E-state index contributed by atoms with van der Waals surface area (Å²) in [5.41, 5.74) is 3.82. The average molecular weight is 340 g/mol. The van der Waals surface area contributed by atoms with Crippen LogP contribution in [0.3, 0.4) is 0 Å². The van der Waals surface area contributed by atoms with Crippen LogP contribution in [0.4, 0.5) is 0 Å². The molecule has 2 aromatic carbocycles. The van der Waals surface area contributed by atoms with Gasteiger partial charge >= 0.3 is 0 Å². The molecule has 3 rings (SSSR count). The molecule has 1 atom stereocenters. The first-order valence-electron chi connectivity index (χ1n) is 9.03. The number of rotatable bonds is 6. The van der Waals surface area contributed by atoms with Crippen molar-refractivity contribution < 1.29 is 9.47 Å². The highest BCUT2D eigenvalue weighted by Gasteiger charge is 2.27. The fourth-order valence-electron chi connectivity index (χ4n) is 3.59. The summed E-state index contributed by atoms with van der Waals surface area (Å²) in [6.07, 6.45) is 1.06. The lowest BCUT2D eigenvalue weighted by Crippen LogP contribution is -2.45. The number of nitrogens with one attached hydrogen (secondary N) is 1. The molecule has 0 radical (unpaired) electrons. The molecule has 0 saturated carbocycles. The molecular weight excluding hydrogens is 312 g/mol. The second-order valence-corrected chi connectivity index (χ2v) is 6.37. The number of para-hydroxylation sites is 1. The molecule has 1 aliphatic rings. The quantitative estimate of drug-likeness (QED) is 0.875. The molecule has 1 saturated heterocycles. The van der Waals surface area contributed by atoms with Crippen molar-refractivity contribution in [3.05, 3.63) is 59.2 Å². The molecule has 1 N–H and O–H groups in total. The Bertz CT molecular complexity index is 679. The lowest BCUT2D eigenvalue weighted by atomic mass is 9.94. The molecule has 25 heavy (non-hydrogen) atoms. The fraction of sp³-hybridized carbons (Fsp3) is 0.429. The maximum atomic E-state index is 5.74. The Kier molecular flexibility index (Phi) is 5.95. The van der Waals surface area contributed by atoms with Crippen LogP contribution in [-0.4, -0.2) is 45.3 Å². The van der Waals surface area contributed by atoms with Crippen molar-refractivity contribution in [1.29, 1.82) is 0 Å². The molecular formula is C21H28N2O2. The van der Waals surface area contributed by atoms with Gasteiger partial charge in [0.25, 0.3) is 0 Å². The van der Waals surface area contributed by atoms with Gasteiger partial charge in [-0.2, -0.15) is 0 Å². The third-order valence-electron chi connectivity index (χ3n) is 4.95. The van der Waals surface area contributed by atoms with E-state index in [1.165, 1.54) is 11.1 Å². The van der Waals surface area contributed by atoms with E-state index in [2.05, 4.69) is 47.5 Å². The number of nitrogens with zero attached hydrogens (tertiary/aromatic N) is 1. The highest BCUT2D eigenvalue weighted by atomic mass is 16.5. The standard InChI is InChI=1S/C21H28N2O2/c1-4-16-8-10-17(11-9-16)20(23-14-12-22-13-15-23)18-6-5-7-19(24-2)21(18)25-3/h5-11,20,22H,4,12-15H2,1-3H3. The summed E-state index contributed by atoms with van der Waals surface area (Å²) in [5.74, 6) is 1.61. The normalized spacial score (nSPS) is 16.4. The van der Waals surface area contributed by atoms with Crippen molar-refractivity contribution in [2.24, 2.45) is 0 Å². The van der Waals surface area contributed by atoms with Crippen LogP contribution in [-0.2, 0) is 6.42 Å². The van der Waals surface area contributed by atoms with Gasteiger partial charge in [-0.05, 0) is 23.6 Å². The molecule has 0 spiro atoms. The second kappa shape index (κ2) is 8.37. The summed E-state index contributed by atoms with van der Waals surface area (Å²) >= 11 is 0. The number of methoxy groups -OCH3 is 2. The second-order valence-electron chi connectivity index (χ2n) is 6.37. The summed E-state index contributed by atoms with van der Waals surface area (Å²) in [4.78, 5) is 2.52. The van der Waals surface area contributed by atoms with Crippen LogP contribution in [0, 0.1) is 0 Å². The van der Waals surface area contributed by atoms with Crippen LogP contribution >= 0.6 is 0 Å². The maximum Gasteiger partial charge on any atom is 0.165 e. The van der Waals surface area contributed by atoms with Crippen molar-refractivity contribution in [3.8, 4) is 11.5 Å². The van der Waals surface area contributed by atoms with Gasteiger partial charge in [0.05, 0.1) is 20.3 Å². The lowest BCUT2D eigenvalue weighted by Gasteiger charge is -2.36. The summed E-state index contributed by atoms with van der Waals surface area (Å²) in [7, 11) is 3.41. The predicted octanol–water partition coefficient (Wildman–Crippen LogP) is 3.26. The molecule has 4 nitrogen and oxygen atoms in total. The van der Waals surface area contributed by atoms with Crippen molar-refractivity contribution in [2.45, 2.75) is 19.4 Å². The van der Waals surface area contributed by atoms with Crippen molar-refractivity contribution in [3.63, 3.8) is 0 Å². The van der Waals surface area contributed by atoms with Crippen molar-refractivity contribution in [1.82, 2.24) is 10.2 Å². The van der Waals surface area contributed by atoms with Gasteiger partial charge in [0, 0.05) is 31.7 Å². The van der Waals surface area contributed by atoms with Crippen molar-refractivity contribution >= 4 is 0 Å². The number of aryl methyl sites for hydroxylation is 1. The zero-order valence-corrected chi connectivity index (χ0v) is 15.4. The van der Waals surface area contributed by atoms with E-state index in [1.54, 1.807) is 14.2 Å². The van der Waals surface area contributed by atoms with Gasteiger partial charge in [-0.1, -0.05) is 43.3 Å². The molecule has 0 amide bonds. The lowest BCUT2D eigenvalue weighted by molar-refractivity contribution is 0.194. The Morgan fingerprint density at radius 2 is 1.72 bits per heavy atom. The van der Waals surface area contributed by atoms with Gasteiger partial charge in [-0.25, -0.2) is 0 Å². The molecule has 1 unspecified atom stereocenters. The van der Waals surface area contributed by atoms with E-state index in [9.17, 15) is 0 Å². The summed E-state index contributed by atoms with van der Waals surface area (Å²) < 4.78 is 11.3. The average Bonchev–Trinajstić information content (AvgIpc) is 2.69. The van der Waals surface area contributed by atoms with E-state index < -0.39 is 0 Å². The molecule has 4 heteroatoms. The summed E-state index contributed by atoms with van der Waals surface area (Å²) in [5, 5.41) is 3.44. The molecule has 0 aliphatic carbocycles. The number of hydrogen-bond acceptors (Lipinski definition) is 4. The Hall–Kier alpha value is -2.04. The minimum Gasteiger partial charge on any atom is -0.493 e. The van der Waals surface area contributed by atoms with Gasteiger partial charge in [0.2, 0.25) is 0 Å². The smallest absolute Gasteiger partial charge is 0.165 e. The molecule has 1 fully saturated rings. The Morgan fingerprint density at radius 1 is 1.00 bits per heavy atom. The summed E-state index contributed by atoms with van der Waals surface area (Å²) in [6.45, 7) is 6.24. The van der Waals surface area contributed by atoms with Crippen LogP contribution in [0.15, 0.2) is 42.5 Å². The third kappa shape index (κ3) is 3.80. The van der Waals surface area contributed by atoms with Crippen molar-refractivity contribution in [2.75, 3.05) is 40.4 Å². The van der Waals surface area contributed by atoms with Crippen LogP contribution < -0.4 is 14.8 Å². The van der Waals surface area contributed by atoms with Crippen LogP contribution in [0.1, 0.15) is 29.7 Å². The molecule has 1 heterocycles. The predicted molar refractivity (Wildman–Crippen MR) is 102 cm³/mol. The third-order valence-corrected chi connectivity index (χ3v) is 4.95. The highest BCUT2D eigenvalue weighted by molar-refractivity contribution is 5.51. The van der Waals surface area contributed by atoms with E-state index in [0.29, 0.717) is 0 Å². The first-order valence-corrected chi connectivity index (χ1v) is 9.03.